The summed E-state index contributed by atoms with van der Waals surface area (Å²) in [6, 6.07) is 5.74. The number of allylic oxidation sites excluding steroid dienone is 1. The summed E-state index contributed by atoms with van der Waals surface area (Å²) in [7, 11) is 0. The number of hydrogen-bond donors (Lipinski definition) is 3. The van der Waals surface area contributed by atoms with Gasteiger partial charge in [0.05, 0.1) is 0 Å². The third-order valence-corrected chi connectivity index (χ3v) is 4.14. The monoisotopic (exact) mass is 285 g/mol. The molecule has 1 aliphatic carbocycles. The largest absolute Gasteiger partial charge is 0.402 e. The van der Waals surface area contributed by atoms with Gasteiger partial charge in [-0.25, -0.2) is 0 Å². The van der Waals surface area contributed by atoms with Crippen LogP contribution in [-0.2, 0) is 4.79 Å². The van der Waals surface area contributed by atoms with E-state index in [1.54, 1.807) is 0 Å². The van der Waals surface area contributed by atoms with Crippen molar-refractivity contribution < 1.29 is 4.79 Å². The third kappa shape index (κ3) is 3.51. The molecule has 1 atom stereocenters. The summed E-state index contributed by atoms with van der Waals surface area (Å²) < 4.78 is 0. The molecule has 0 fully saturated rings. The first-order chi connectivity index (χ1) is 9.88. The lowest BCUT2D eigenvalue weighted by molar-refractivity contribution is -0.110. The second-order valence-electron chi connectivity index (χ2n) is 5.98. The Hall–Kier alpha value is -2.10. The minimum absolute atomic E-state index is 0.00252. The predicted molar refractivity (Wildman–Crippen MR) is 86.5 cm³/mol. The topological polar surface area (TPSA) is 79.0 Å². The molecule has 0 saturated carbocycles. The van der Waals surface area contributed by atoms with Crippen LogP contribution in [0, 0.1) is 25.2 Å². The van der Waals surface area contributed by atoms with Crippen molar-refractivity contribution in [1.82, 2.24) is 0 Å². The van der Waals surface area contributed by atoms with Gasteiger partial charge in [0.25, 0.3) is 5.91 Å². The number of amides is 1. The van der Waals surface area contributed by atoms with Gasteiger partial charge in [0.15, 0.2) is 0 Å². The molecule has 21 heavy (non-hydrogen) atoms. The van der Waals surface area contributed by atoms with E-state index in [0.29, 0.717) is 23.6 Å². The standard InChI is InChI=1S/C17H23N3O/c1-10-4-7-15(18)14(8-10)16(19)17(21)20-13-6-5-11(2)12(3)9-13/h5-6,9-10,19H,4,7-8,18H2,1-3H3,(H,20,21). The van der Waals surface area contributed by atoms with Crippen molar-refractivity contribution in [3.63, 3.8) is 0 Å². The van der Waals surface area contributed by atoms with Crippen LogP contribution in [0.25, 0.3) is 0 Å². The molecule has 4 heteroatoms. The van der Waals surface area contributed by atoms with Crippen LogP contribution in [-0.4, -0.2) is 11.6 Å². The molecule has 0 spiro atoms. The normalized spacial score (nSPS) is 18.5. The van der Waals surface area contributed by atoms with Crippen LogP contribution in [0.3, 0.4) is 0 Å². The van der Waals surface area contributed by atoms with E-state index >= 15 is 0 Å². The molecule has 1 unspecified atom stereocenters. The van der Waals surface area contributed by atoms with Crippen LogP contribution in [0.4, 0.5) is 5.69 Å². The number of aryl methyl sites for hydroxylation is 2. The molecule has 4 nitrogen and oxygen atoms in total. The van der Waals surface area contributed by atoms with Crippen molar-refractivity contribution in [2.75, 3.05) is 5.32 Å². The van der Waals surface area contributed by atoms with Crippen molar-refractivity contribution >= 4 is 17.3 Å². The zero-order chi connectivity index (χ0) is 15.6. The molecule has 2 rings (SSSR count). The Labute approximate surface area is 125 Å². The number of benzene rings is 1. The molecule has 112 valence electrons. The van der Waals surface area contributed by atoms with Gasteiger partial charge < -0.3 is 11.1 Å². The Morgan fingerprint density at radius 3 is 2.71 bits per heavy atom. The summed E-state index contributed by atoms with van der Waals surface area (Å²) in [6.45, 7) is 6.15. The smallest absolute Gasteiger partial charge is 0.273 e. The number of carbonyl (C=O) groups is 1. The Morgan fingerprint density at radius 2 is 2.05 bits per heavy atom. The van der Waals surface area contributed by atoms with E-state index < -0.39 is 0 Å². The molecule has 1 aromatic carbocycles. The number of rotatable bonds is 3. The fourth-order valence-corrected chi connectivity index (χ4v) is 2.55. The molecular formula is C17H23N3O. The molecule has 1 aromatic rings. The number of carbonyl (C=O) groups excluding carboxylic acids is 1. The van der Waals surface area contributed by atoms with E-state index in [4.69, 9.17) is 11.1 Å². The highest BCUT2D eigenvalue weighted by Gasteiger charge is 2.23. The predicted octanol–water partition coefficient (Wildman–Crippen LogP) is 3.29. The highest BCUT2D eigenvalue weighted by molar-refractivity contribution is 6.47. The summed E-state index contributed by atoms with van der Waals surface area (Å²) in [5, 5.41) is 10.9. The Bertz CT molecular complexity index is 616. The zero-order valence-electron chi connectivity index (χ0n) is 12.9. The SMILES string of the molecule is Cc1ccc(NC(=O)C(=N)C2=C(N)CCC(C)C2)cc1C. The highest BCUT2D eigenvalue weighted by atomic mass is 16.1. The first kappa shape index (κ1) is 15.3. The summed E-state index contributed by atoms with van der Waals surface area (Å²) in [4.78, 5) is 12.2. The molecule has 1 amide bonds. The quantitative estimate of drug-likeness (QED) is 0.745. The second kappa shape index (κ2) is 6.12. The maximum absolute atomic E-state index is 12.2. The average molecular weight is 285 g/mol. The lowest BCUT2D eigenvalue weighted by atomic mass is 9.86. The van der Waals surface area contributed by atoms with Crippen LogP contribution in [0.2, 0.25) is 0 Å². The molecule has 0 radical (unpaired) electrons. The van der Waals surface area contributed by atoms with E-state index in [2.05, 4.69) is 12.2 Å². The number of anilines is 1. The summed E-state index contributed by atoms with van der Waals surface area (Å²) in [6.07, 6.45) is 2.52. The van der Waals surface area contributed by atoms with E-state index in [1.807, 2.05) is 32.0 Å². The molecular weight excluding hydrogens is 262 g/mol. The van der Waals surface area contributed by atoms with Crippen LogP contribution in [0.1, 0.15) is 37.3 Å². The third-order valence-electron chi connectivity index (χ3n) is 4.14. The van der Waals surface area contributed by atoms with Crippen LogP contribution in [0.5, 0.6) is 0 Å². The van der Waals surface area contributed by atoms with Crippen molar-refractivity contribution in [2.24, 2.45) is 11.7 Å². The lowest BCUT2D eigenvalue weighted by Crippen LogP contribution is -2.28. The van der Waals surface area contributed by atoms with Crippen LogP contribution < -0.4 is 11.1 Å². The van der Waals surface area contributed by atoms with E-state index in [0.717, 1.165) is 24.1 Å². The van der Waals surface area contributed by atoms with Crippen molar-refractivity contribution in [1.29, 1.82) is 5.41 Å². The molecule has 0 aromatic heterocycles. The lowest BCUT2D eigenvalue weighted by Gasteiger charge is -2.22. The van der Waals surface area contributed by atoms with Crippen LogP contribution in [0.15, 0.2) is 29.5 Å². The van der Waals surface area contributed by atoms with E-state index in [9.17, 15) is 4.79 Å². The van der Waals surface area contributed by atoms with Crippen LogP contribution >= 0.6 is 0 Å². The zero-order valence-corrected chi connectivity index (χ0v) is 12.9. The second-order valence-corrected chi connectivity index (χ2v) is 5.98. The molecule has 1 aliphatic rings. The van der Waals surface area contributed by atoms with Crippen molar-refractivity contribution in [3.8, 4) is 0 Å². The van der Waals surface area contributed by atoms with Gasteiger partial charge in [-0.15, -0.1) is 0 Å². The molecule has 0 bridgehead atoms. The fraction of sp³-hybridized carbons (Fsp3) is 0.412. The maximum atomic E-state index is 12.2. The first-order valence-corrected chi connectivity index (χ1v) is 7.33. The van der Waals surface area contributed by atoms with Gasteiger partial charge in [-0.2, -0.15) is 0 Å². The van der Waals surface area contributed by atoms with Gasteiger partial charge in [-0.05, 0) is 62.3 Å². The van der Waals surface area contributed by atoms with E-state index in [-0.39, 0.29) is 11.6 Å². The molecule has 0 aliphatic heterocycles. The first-order valence-electron chi connectivity index (χ1n) is 7.33. The maximum Gasteiger partial charge on any atom is 0.273 e. The van der Waals surface area contributed by atoms with E-state index in [1.165, 1.54) is 5.56 Å². The number of hydrogen-bond acceptors (Lipinski definition) is 3. The Kier molecular flexibility index (Phi) is 4.46. The molecule has 4 N–H and O–H groups in total. The summed E-state index contributed by atoms with van der Waals surface area (Å²) in [5.41, 5.74) is 10.4. The summed E-state index contributed by atoms with van der Waals surface area (Å²) in [5.74, 6) is 0.0902. The van der Waals surface area contributed by atoms with Crippen molar-refractivity contribution in [3.05, 3.63) is 40.6 Å². The van der Waals surface area contributed by atoms with Crippen molar-refractivity contribution in [2.45, 2.75) is 40.0 Å². The Balaban J connectivity index is 2.12. The van der Waals surface area contributed by atoms with Gasteiger partial charge in [-0.1, -0.05) is 13.0 Å². The van der Waals surface area contributed by atoms with Gasteiger partial charge in [0, 0.05) is 17.0 Å². The van der Waals surface area contributed by atoms with Gasteiger partial charge in [0.2, 0.25) is 0 Å². The summed E-state index contributed by atoms with van der Waals surface area (Å²) >= 11 is 0. The Morgan fingerprint density at radius 1 is 1.33 bits per heavy atom. The van der Waals surface area contributed by atoms with Gasteiger partial charge in [0.1, 0.15) is 5.71 Å². The fourth-order valence-electron chi connectivity index (χ4n) is 2.55. The minimum Gasteiger partial charge on any atom is -0.402 e. The molecule has 0 saturated heterocycles. The van der Waals surface area contributed by atoms with Gasteiger partial charge in [-0.3, -0.25) is 10.2 Å². The number of nitrogens with two attached hydrogens (primary N) is 1. The molecule has 0 heterocycles. The minimum atomic E-state index is -0.384. The number of nitrogens with one attached hydrogen (secondary N) is 2. The van der Waals surface area contributed by atoms with Gasteiger partial charge >= 0.3 is 0 Å². The average Bonchev–Trinajstić information content (AvgIpc) is 2.44. The highest BCUT2D eigenvalue weighted by Crippen LogP contribution is 2.27.